The van der Waals surface area contributed by atoms with Crippen LogP contribution in [0.3, 0.4) is 0 Å². The van der Waals surface area contributed by atoms with Crippen molar-refractivity contribution in [3.8, 4) is 0 Å². The second-order valence-electron chi connectivity index (χ2n) is 8.29. The second kappa shape index (κ2) is 8.22. The van der Waals surface area contributed by atoms with Gasteiger partial charge in [0.25, 0.3) is 5.91 Å². The second-order valence-corrected chi connectivity index (χ2v) is 9.40. The zero-order valence-electron chi connectivity index (χ0n) is 16.6. The monoisotopic (exact) mass is 408 g/mol. The van der Waals surface area contributed by atoms with Crippen molar-refractivity contribution < 1.29 is 14.6 Å². The van der Waals surface area contributed by atoms with Crippen molar-refractivity contribution in [1.29, 1.82) is 0 Å². The minimum Gasteiger partial charge on any atom is -0.348 e. The smallest absolute Gasteiger partial charge is 0.283 e. The first-order valence-corrected chi connectivity index (χ1v) is 11.5. The van der Waals surface area contributed by atoms with E-state index in [1.165, 1.54) is 14.6 Å². The molecule has 1 atom stereocenters. The number of nitrogens with zero attached hydrogens (tertiary/aromatic N) is 1. The first kappa shape index (κ1) is 18.7. The average Bonchev–Trinajstić information content (AvgIpc) is 3.46. The lowest BCUT2D eigenvalue weighted by Crippen LogP contribution is -3.28. The summed E-state index contributed by atoms with van der Waals surface area (Å²) in [4.78, 5) is 20.8. The molecule has 1 aliphatic carbocycles. The summed E-state index contributed by atoms with van der Waals surface area (Å²) in [5.41, 5.74) is 2.24. The number of aromatic nitrogens is 1. The van der Waals surface area contributed by atoms with E-state index in [-0.39, 0.29) is 11.9 Å². The number of hydrogen-bond acceptors (Lipinski definition) is 3. The number of nitrogens with one attached hydrogen (secondary N) is 3. The highest BCUT2D eigenvalue weighted by Gasteiger charge is 2.37. The molecule has 0 spiro atoms. The van der Waals surface area contributed by atoms with Crippen LogP contribution in [0.25, 0.3) is 10.2 Å². The lowest BCUT2D eigenvalue weighted by molar-refractivity contribution is -1.03. The highest BCUT2D eigenvalue weighted by atomic mass is 32.1. The minimum absolute atomic E-state index is 0.0965. The van der Waals surface area contributed by atoms with Gasteiger partial charge >= 0.3 is 0 Å². The predicted octanol–water partition coefficient (Wildman–Crippen LogP) is 0.600. The molecule has 1 amide bonds. The fraction of sp³-hybridized carbons (Fsp3) is 0.391. The molecule has 2 aliphatic rings. The summed E-state index contributed by atoms with van der Waals surface area (Å²) in [6, 6.07) is 19.0. The Morgan fingerprint density at radius 1 is 1.03 bits per heavy atom. The Hall–Kier alpha value is -2.28. The Kier molecular flexibility index (Phi) is 5.31. The predicted molar refractivity (Wildman–Crippen MR) is 115 cm³/mol. The van der Waals surface area contributed by atoms with E-state index in [1.807, 2.05) is 29.5 Å². The Morgan fingerprint density at radius 2 is 1.76 bits per heavy atom. The van der Waals surface area contributed by atoms with Gasteiger partial charge in [0.2, 0.25) is 0 Å². The Labute approximate surface area is 175 Å². The molecular formula is C23H28N4OS+2. The van der Waals surface area contributed by atoms with E-state index in [9.17, 15) is 4.79 Å². The van der Waals surface area contributed by atoms with Crippen LogP contribution in [0.1, 0.15) is 29.5 Å². The van der Waals surface area contributed by atoms with Crippen molar-refractivity contribution in [2.24, 2.45) is 0 Å². The third-order valence-corrected chi connectivity index (χ3v) is 7.10. The summed E-state index contributed by atoms with van der Waals surface area (Å²) in [5.74, 6) is 0.198. The third kappa shape index (κ3) is 4.34. The van der Waals surface area contributed by atoms with E-state index >= 15 is 0 Å². The number of carbonyl (C=O) groups is 1. The van der Waals surface area contributed by atoms with Gasteiger partial charge in [0.05, 0.1) is 10.2 Å². The molecule has 29 heavy (non-hydrogen) atoms. The zero-order chi connectivity index (χ0) is 19.6. The standard InChI is InChI=1S/C23H26N4OS/c28-23(24-18-10-11-18)22(17-6-2-1-3-7-17)27-14-12-26(13-15-27)16-21-25-19-8-4-5-9-20(19)29-21/h1-9,18,22H,10-16H2,(H,24,28)/p+2/t22-/m0/s1. The highest BCUT2D eigenvalue weighted by molar-refractivity contribution is 7.18. The molecule has 5 rings (SSSR count). The molecule has 2 fully saturated rings. The van der Waals surface area contributed by atoms with Gasteiger partial charge in [-0.3, -0.25) is 4.79 Å². The molecule has 150 valence electrons. The topological polar surface area (TPSA) is 50.9 Å². The minimum atomic E-state index is -0.0965. The number of quaternary nitrogens is 2. The van der Waals surface area contributed by atoms with Crippen LogP contribution >= 0.6 is 11.3 Å². The molecule has 2 aromatic carbocycles. The molecule has 0 bridgehead atoms. The number of benzene rings is 2. The van der Waals surface area contributed by atoms with Crippen molar-refractivity contribution in [2.45, 2.75) is 31.5 Å². The number of amides is 1. The summed E-state index contributed by atoms with van der Waals surface area (Å²) in [6.45, 7) is 5.16. The first-order chi connectivity index (χ1) is 14.3. The van der Waals surface area contributed by atoms with Crippen LogP contribution in [0.15, 0.2) is 54.6 Å². The average molecular weight is 409 g/mol. The van der Waals surface area contributed by atoms with Crippen molar-refractivity contribution >= 4 is 27.5 Å². The zero-order valence-corrected chi connectivity index (χ0v) is 17.4. The number of hydrogen-bond donors (Lipinski definition) is 3. The Morgan fingerprint density at radius 3 is 2.48 bits per heavy atom. The fourth-order valence-electron chi connectivity index (χ4n) is 4.33. The molecule has 5 nitrogen and oxygen atoms in total. The van der Waals surface area contributed by atoms with E-state index in [1.54, 1.807) is 4.90 Å². The third-order valence-electron chi connectivity index (χ3n) is 6.07. The number of piperazine rings is 1. The molecule has 6 heteroatoms. The first-order valence-electron chi connectivity index (χ1n) is 10.6. The lowest BCUT2D eigenvalue weighted by Gasteiger charge is -2.34. The number of para-hydroxylation sites is 1. The van der Waals surface area contributed by atoms with Crippen LogP contribution in [-0.4, -0.2) is 43.1 Å². The van der Waals surface area contributed by atoms with E-state index < -0.39 is 0 Å². The van der Waals surface area contributed by atoms with Crippen molar-refractivity contribution in [1.82, 2.24) is 10.3 Å². The van der Waals surface area contributed by atoms with E-state index in [2.05, 4.69) is 41.7 Å². The van der Waals surface area contributed by atoms with Gasteiger partial charge < -0.3 is 15.1 Å². The SMILES string of the molecule is O=C(NC1CC1)[C@H](c1ccccc1)[NH+]1CC[NH+](Cc2nc3ccccc3s2)CC1. The van der Waals surface area contributed by atoms with Gasteiger partial charge in [0.1, 0.15) is 37.7 Å². The van der Waals surface area contributed by atoms with Crippen molar-refractivity contribution in [2.75, 3.05) is 26.2 Å². The number of rotatable bonds is 6. The molecule has 2 heterocycles. The van der Waals surface area contributed by atoms with E-state index in [4.69, 9.17) is 4.98 Å². The van der Waals surface area contributed by atoms with Crippen LogP contribution < -0.4 is 15.1 Å². The maximum Gasteiger partial charge on any atom is 0.283 e. The van der Waals surface area contributed by atoms with Crippen LogP contribution in [0.4, 0.5) is 0 Å². The molecule has 0 radical (unpaired) electrons. The maximum atomic E-state index is 13.0. The van der Waals surface area contributed by atoms with Crippen LogP contribution in [0.5, 0.6) is 0 Å². The molecule has 3 N–H and O–H groups in total. The van der Waals surface area contributed by atoms with Crippen molar-refractivity contribution in [3.05, 3.63) is 65.2 Å². The molecule has 1 saturated carbocycles. The summed E-state index contributed by atoms with van der Waals surface area (Å²) < 4.78 is 1.27. The van der Waals surface area contributed by atoms with Crippen LogP contribution in [0, 0.1) is 0 Å². The van der Waals surface area contributed by atoms with Crippen LogP contribution in [0.2, 0.25) is 0 Å². The Bertz CT molecular complexity index is 944. The molecule has 1 aliphatic heterocycles. The number of fused-ring (bicyclic) bond motifs is 1. The van der Waals surface area contributed by atoms with Crippen LogP contribution in [-0.2, 0) is 11.3 Å². The van der Waals surface area contributed by atoms with Crippen molar-refractivity contribution in [3.63, 3.8) is 0 Å². The maximum absolute atomic E-state index is 13.0. The van der Waals surface area contributed by atoms with E-state index in [0.29, 0.717) is 6.04 Å². The molecule has 1 saturated heterocycles. The van der Waals surface area contributed by atoms with Gasteiger partial charge in [-0.15, -0.1) is 11.3 Å². The van der Waals surface area contributed by atoms with Gasteiger partial charge in [0.15, 0.2) is 6.04 Å². The normalized spacial score (nSPS) is 23.0. The van der Waals surface area contributed by atoms with Gasteiger partial charge in [-0.25, -0.2) is 4.98 Å². The summed E-state index contributed by atoms with van der Waals surface area (Å²) in [7, 11) is 0. The fourth-order valence-corrected chi connectivity index (χ4v) is 5.37. The molecular weight excluding hydrogens is 380 g/mol. The summed E-state index contributed by atoms with van der Waals surface area (Å²) in [5, 5.41) is 4.46. The highest BCUT2D eigenvalue weighted by Crippen LogP contribution is 2.21. The number of thiazole rings is 1. The lowest BCUT2D eigenvalue weighted by atomic mass is 10.0. The quantitative estimate of drug-likeness (QED) is 0.560. The number of carbonyl (C=O) groups excluding carboxylic acids is 1. The van der Waals surface area contributed by atoms with Gasteiger partial charge in [0, 0.05) is 11.6 Å². The van der Waals surface area contributed by atoms with Gasteiger partial charge in [-0.2, -0.15) is 0 Å². The molecule has 0 unspecified atom stereocenters. The van der Waals surface area contributed by atoms with E-state index in [0.717, 1.165) is 56.6 Å². The largest absolute Gasteiger partial charge is 0.348 e. The summed E-state index contributed by atoms with van der Waals surface area (Å²) in [6.07, 6.45) is 2.26. The Balaban J connectivity index is 1.25. The summed E-state index contributed by atoms with van der Waals surface area (Å²) >= 11 is 1.81. The van der Waals surface area contributed by atoms with Gasteiger partial charge in [-0.05, 0) is 25.0 Å². The van der Waals surface area contributed by atoms with Gasteiger partial charge in [-0.1, -0.05) is 42.5 Å². The molecule has 1 aromatic heterocycles. The molecule has 3 aromatic rings.